The average molecular weight is 246 g/mol. The van der Waals surface area contributed by atoms with Gasteiger partial charge in [0.05, 0.1) is 5.69 Å². The summed E-state index contributed by atoms with van der Waals surface area (Å²) in [5.74, 6) is 0. The van der Waals surface area contributed by atoms with E-state index in [1.807, 2.05) is 6.92 Å². The van der Waals surface area contributed by atoms with Crippen molar-refractivity contribution in [2.45, 2.75) is 19.9 Å². The van der Waals surface area contributed by atoms with Gasteiger partial charge in [0.25, 0.3) is 5.56 Å². The summed E-state index contributed by atoms with van der Waals surface area (Å²) in [6.45, 7) is 2.62. The Kier molecular flexibility index (Phi) is 3.57. The van der Waals surface area contributed by atoms with Crippen LogP contribution in [0.5, 0.6) is 0 Å². The van der Waals surface area contributed by atoms with Gasteiger partial charge >= 0.3 is 6.03 Å². The first-order valence-corrected chi connectivity index (χ1v) is 5.70. The van der Waals surface area contributed by atoms with Gasteiger partial charge in [-0.3, -0.25) is 9.36 Å². The van der Waals surface area contributed by atoms with Gasteiger partial charge < -0.3 is 9.88 Å². The van der Waals surface area contributed by atoms with Crippen molar-refractivity contribution in [3.8, 4) is 0 Å². The Morgan fingerprint density at radius 3 is 2.94 bits per heavy atom. The van der Waals surface area contributed by atoms with Crippen LogP contribution in [0.1, 0.15) is 13.3 Å². The first-order chi connectivity index (χ1) is 8.70. The van der Waals surface area contributed by atoms with Gasteiger partial charge in [-0.15, -0.1) is 0 Å². The third-order valence-corrected chi connectivity index (χ3v) is 2.44. The number of imidazole rings is 1. The third kappa shape index (κ3) is 2.65. The molecule has 1 N–H and O–H groups in total. The minimum atomic E-state index is -0.311. The molecule has 6 nitrogen and oxygen atoms in total. The second kappa shape index (κ2) is 5.31. The van der Waals surface area contributed by atoms with Crippen LogP contribution in [0.2, 0.25) is 0 Å². The van der Waals surface area contributed by atoms with Crippen LogP contribution in [0.25, 0.3) is 0 Å². The molecule has 2 aromatic rings. The Hall–Kier alpha value is -2.37. The third-order valence-electron chi connectivity index (χ3n) is 2.44. The molecule has 0 bridgehead atoms. The van der Waals surface area contributed by atoms with E-state index in [0.717, 1.165) is 6.42 Å². The zero-order valence-electron chi connectivity index (χ0n) is 10.0. The van der Waals surface area contributed by atoms with Crippen LogP contribution in [0.3, 0.4) is 0 Å². The van der Waals surface area contributed by atoms with Gasteiger partial charge in [-0.1, -0.05) is 6.92 Å². The average Bonchev–Trinajstić information content (AvgIpc) is 2.87. The highest BCUT2D eigenvalue weighted by atomic mass is 16.2. The summed E-state index contributed by atoms with van der Waals surface area (Å²) >= 11 is 0. The predicted molar refractivity (Wildman–Crippen MR) is 67.6 cm³/mol. The molecule has 2 aromatic heterocycles. The van der Waals surface area contributed by atoms with Gasteiger partial charge in [0.2, 0.25) is 0 Å². The quantitative estimate of drug-likeness (QED) is 0.893. The summed E-state index contributed by atoms with van der Waals surface area (Å²) in [4.78, 5) is 27.1. The van der Waals surface area contributed by atoms with Crippen molar-refractivity contribution < 1.29 is 4.79 Å². The van der Waals surface area contributed by atoms with E-state index < -0.39 is 0 Å². The number of nitrogens with one attached hydrogen (secondary N) is 1. The molecule has 0 aliphatic heterocycles. The summed E-state index contributed by atoms with van der Waals surface area (Å²) < 4.78 is 2.90. The summed E-state index contributed by atoms with van der Waals surface area (Å²) in [6.07, 6.45) is 6.99. The molecule has 0 unspecified atom stereocenters. The van der Waals surface area contributed by atoms with Crippen LogP contribution in [-0.2, 0) is 6.54 Å². The first-order valence-electron chi connectivity index (χ1n) is 5.70. The van der Waals surface area contributed by atoms with Gasteiger partial charge in [-0.2, -0.15) is 0 Å². The number of carbonyl (C=O) groups is 1. The summed E-state index contributed by atoms with van der Waals surface area (Å²) in [5, 5.41) is 2.69. The highest BCUT2D eigenvalue weighted by Crippen LogP contribution is 2.04. The minimum absolute atomic E-state index is 0.0718. The number of pyridine rings is 1. The fraction of sp³-hybridized carbons (Fsp3) is 0.250. The molecule has 0 saturated carbocycles. The van der Waals surface area contributed by atoms with Crippen molar-refractivity contribution in [2.24, 2.45) is 0 Å². The topological polar surface area (TPSA) is 68.9 Å². The van der Waals surface area contributed by atoms with E-state index in [1.54, 1.807) is 23.0 Å². The largest absolute Gasteiger partial charge is 0.331 e. The summed E-state index contributed by atoms with van der Waals surface area (Å²) in [7, 11) is 0. The van der Waals surface area contributed by atoms with E-state index in [-0.39, 0.29) is 11.6 Å². The number of anilines is 1. The highest BCUT2D eigenvalue weighted by molar-refractivity contribution is 5.90. The molecular weight excluding hydrogens is 232 g/mol. The fourth-order valence-corrected chi connectivity index (χ4v) is 1.59. The van der Waals surface area contributed by atoms with Gasteiger partial charge in [0.15, 0.2) is 0 Å². The predicted octanol–water partition coefficient (Wildman–Crippen LogP) is 1.53. The van der Waals surface area contributed by atoms with Gasteiger partial charge in [0.1, 0.15) is 6.33 Å². The Labute approximate surface area is 104 Å². The molecule has 0 saturated heterocycles. The number of aromatic nitrogens is 3. The zero-order valence-corrected chi connectivity index (χ0v) is 10.0. The Balaban J connectivity index is 2.17. The Morgan fingerprint density at radius 1 is 1.44 bits per heavy atom. The maximum Gasteiger partial charge on any atom is 0.331 e. The minimum Gasteiger partial charge on any atom is -0.313 e. The van der Waals surface area contributed by atoms with Crippen LogP contribution in [0.15, 0.2) is 41.8 Å². The normalized spacial score (nSPS) is 10.3. The summed E-state index contributed by atoms with van der Waals surface area (Å²) in [5.41, 5.74) is 0.513. The molecule has 0 aliphatic carbocycles. The summed E-state index contributed by atoms with van der Waals surface area (Å²) in [6, 6.07) is 2.72. The molecular formula is C12H14N4O2. The second-order valence-corrected chi connectivity index (χ2v) is 3.85. The van der Waals surface area contributed by atoms with E-state index in [1.165, 1.54) is 23.2 Å². The number of hydrogen-bond acceptors (Lipinski definition) is 3. The van der Waals surface area contributed by atoms with Crippen LogP contribution < -0.4 is 10.9 Å². The number of aryl methyl sites for hydroxylation is 1. The molecule has 18 heavy (non-hydrogen) atoms. The van der Waals surface area contributed by atoms with Gasteiger partial charge in [0, 0.05) is 31.2 Å². The monoisotopic (exact) mass is 246 g/mol. The van der Waals surface area contributed by atoms with E-state index in [2.05, 4.69) is 10.3 Å². The number of carbonyl (C=O) groups excluding carboxylic acids is 1. The van der Waals surface area contributed by atoms with Crippen molar-refractivity contribution >= 4 is 11.7 Å². The Morgan fingerprint density at radius 2 is 2.28 bits per heavy atom. The number of amides is 1. The lowest BCUT2D eigenvalue weighted by atomic mass is 10.4. The lowest BCUT2D eigenvalue weighted by Gasteiger charge is -2.08. The van der Waals surface area contributed by atoms with Crippen LogP contribution >= 0.6 is 0 Å². The molecule has 1 amide bonds. The van der Waals surface area contributed by atoms with Crippen LogP contribution in [0.4, 0.5) is 10.5 Å². The van der Waals surface area contributed by atoms with Crippen molar-refractivity contribution in [1.29, 1.82) is 0 Å². The van der Waals surface area contributed by atoms with Crippen molar-refractivity contribution in [3.05, 3.63) is 47.4 Å². The molecule has 2 heterocycles. The van der Waals surface area contributed by atoms with E-state index in [4.69, 9.17) is 0 Å². The van der Waals surface area contributed by atoms with E-state index in [9.17, 15) is 9.59 Å². The molecule has 2 rings (SSSR count). The van der Waals surface area contributed by atoms with Crippen LogP contribution in [0, 0.1) is 0 Å². The molecule has 0 atom stereocenters. The van der Waals surface area contributed by atoms with Gasteiger partial charge in [-0.05, 0) is 12.5 Å². The van der Waals surface area contributed by atoms with Gasteiger partial charge in [-0.25, -0.2) is 9.78 Å². The number of nitrogens with zero attached hydrogens (tertiary/aromatic N) is 3. The van der Waals surface area contributed by atoms with Crippen molar-refractivity contribution in [3.63, 3.8) is 0 Å². The molecule has 94 valence electrons. The molecule has 0 aliphatic rings. The maximum absolute atomic E-state index is 11.8. The van der Waals surface area contributed by atoms with Crippen molar-refractivity contribution in [1.82, 2.24) is 14.1 Å². The molecule has 0 radical (unpaired) electrons. The molecule has 0 aromatic carbocycles. The molecule has 0 fully saturated rings. The molecule has 6 heteroatoms. The fourth-order valence-electron chi connectivity index (χ4n) is 1.59. The smallest absolute Gasteiger partial charge is 0.313 e. The van der Waals surface area contributed by atoms with Crippen LogP contribution in [-0.4, -0.2) is 20.1 Å². The lowest BCUT2D eigenvalue weighted by Crippen LogP contribution is -2.22. The Bertz CT molecular complexity index is 586. The lowest BCUT2D eigenvalue weighted by molar-refractivity contribution is 0.253. The first kappa shape index (κ1) is 12.1. The highest BCUT2D eigenvalue weighted by Gasteiger charge is 2.05. The zero-order chi connectivity index (χ0) is 13.0. The maximum atomic E-state index is 11.8. The van der Waals surface area contributed by atoms with E-state index in [0.29, 0.717) is 12.2 Å². The van der Waals surface area contributed by atoms with Crippen molar-refractivity contribution in [2.75, 3.05) is 5.32 Å². The standard InChI is InChI=1S/C12H14N4O2/c1-2-6-15-8-10(3-4-11(15)17)14-12(18)16-7-5-13-9-16/h3-5,7-9H,2,6H2,1H3,(H,14,18). The second-order valence-electron chi connectivity index (χ2n) is 3.85. The number of hydrogen-bond donors (Lipinski definition) is 1. The van der Waals surface area contributed by atoms with E-state index >= 15 is 0 Å². The molecule has 0 spiro atoms. The number of rotatable bonds is 3. The SMILES string of the molecule is CCCn1cc(NC(=O)n2ccnc2)ccc1=O.